The van der Waals surface area contributed by atoms with Crippen LogP contribution in [-0.2, 0) is 22.7 Å². The van der Waals surface area contributed by atoms with Gasteiger partial charge in [-0.2, -0.15) is 5.10 Å². The van der Waals surface area contributed by atoms with E-state index in [1.165, 1.54) is 0 Å². The highest BCUT2D eigenvalue weighted by molar-refractivity contribution is 6.30. The lowest BCUT2D eigenvalue weighted by Crippen LogP contribution is -2.51. The van der Waals surface area contributed by atoms with Crippen molar-refractivity contribution in [1.82, 2.24) is 14.7 Å². The summed E-state index contributed by atoms with van der Waals surface area (Å²) in [5.41, 5.74) is 3.00. The lowest BCUT2D eigenvalue weighted by atomic mass is 10.2. The van der Waals surface area contributed by atoms with Crippen molar-refractivity contribution < 1.29 is 14.3 Å². The van der Waals surface area contributed by atoms with Crippen molar-refractivity contribution in [3.8, 4) is 5.75 Å². The Morgan fingerprint density at radius 2 is 1.89 bits per heavy atom. The molecular weight excluding hydrogens is 464 g/mol. The Balaban J connectivity index is 1.42. The normalized spacial score (nSPS) is 14.7. The van der Waals surface area contributed by atoms with E-state index in [1.807, 2.05) is 80.1 Å². The second-order valence-electron chi connectivity index (χ2n) is 9.07. The molecule has 0 unspecified atom stereocenters. The van der Waals surface area contributed by atoms with E-state index in [9.17, 15) is 4.79 Å². The number of aromatic nitrogens is 2. The molecule has 1 aliphatic rings. The number of carbonyl (C=O) groups excluding carboxylic acids is 1. The Hall–Kier alpha value is -2.87. The molecule has 7 nitrogen and oxygen atoms in total. The second kappa shape index (κ2) is 11.7. The van der Waals surface area contributed by atoms with Gasteiger partial charge >= 0.3 is 0 Å². The first-order chi connectivity index (χ1) is 16.9. The maximum Gasteiger partial charge on any atom is 0.242 e. The van der Waals surface area contributed by atoms with Crippen LogP contribution in [0.1, 0.15) is 30.7 Å². The summed E-state index contributed by atoms with van der Waals surface area (Å²) in [6.45, 7) is 10.2. The van der Waals surface area contributed by atoms with Gasteiger partial charge in [0.2, 0.25) is 5.91 Å². The number of carbonyl (C=O) groups is 1. The maximum atomic E-state index is 12.9. The van der Waals surface area contributed by atoms with E-state index in [0.29, 0.717) is 43.7 Å². The third kappa shape index (κ3) is 6.84. The molecule has 1 fully saturated rings. The maximum absolute atomic E-state index is 12.9. The van der Waals surface area contributed by atoms with Crippen molar-refractivity contribution in [2.45, 2.75) is 40.0 Å². The van der Waals surface area contributed by atoms with Crippen LogP contribution in [0.3, 0.4) is 0 Å². The lowest BCUT2D eigenvalue weighted by molar-refractivity contribution is -0.121. The first-order valence-corrected chi connectivity index (χ1v) is 12.4. The minimum absolute atomic E-state index is 0.0556. The molecular formula is C27H33ClN4O3. The van der Waals surface area contributed by atoms with Gasteiger partial charge in [0.25, 0.3) is 0 Å². The number of nitrogens with zero attached hydrogens (tertiary/aromatic N) is 4. The minimum Gasteiger partial charge on any atom is -0.489 e. The molecule has 186 valence electrons. The summed E-state index contributed by atoms with van der Waals surface area (Å²) in [7, 11) is 0. The average molecular weight is 497 g/mol. The van der Waals surface area contributed by atoms with Crippen LogP contribution >= 0.6 is 11.6 Å². The number of rotatable bonds is 10. The predicted molar refractivity (Wildman–Crippen MR) is 138 cm³/mol. The molecule has 0 bridgehead atoms. The first kappa shape index (κ1) is 25.2. The molecule has 35 heavy (non-hydrogen) atoms. The molecule has 2 aromatic carbocycles. The van der Waals surface area contributed by atoms with E-state index in [2.05, 4.69) is 4.90 Å². The van der Waals surface area contributed by atoms with Gasteiger partial charge in [0, 0.05) is 42.0 Å². The molecule has 1 amide bonds. The van der Waals surface area contributed by atoms with Crippen LogP contribution < -0.4 is 9.64 Å². The van der Waals surface area contributed by atoms with Crippen molar-refractivity contribution >= 4 is 23.3 Å². The summed E-state index contributed by atoms with van der Waals surface area (Å²) in [5, 5.41) is 5.40. The van der Waals surface area contributed by atoms with Gasteiger partial charge in [-0.05, 0) is 44.5 Å². The molecule has 3 aromatic rings. The number of benzene rings is 2. The van der Waals surface area contributed by atoms with Gasteiger partial charge in [0.15, 0.2) is 5.82 Å². The van der Waals surface area contributed by atoms with E-state index in [1.54, 1.807) is 4.90 Å². The number of aryl methyl sites for hydroxylation is 1. The fraction of sp³-hybridized carbons (Fsp3) is 0.407. The van der Waals surface area contributed by atoms with Crippen LogP contribution in [0.15, 0.2) is 54.6 Å². The standard InChI is InChI=1S/C27H33ClN4O3/c1-20(2)34-14-13-30-11-12-31(27(33)18-30)26-15-21(3)32(29-26)17-23-16-24(28)9-10-25(23)35-19-22-7-5-4-6-8-22/h4-10,15-16,20H,11-14,17-19H2,1-3H3. The van der Waals surface area contributed by atoms with Crippen molar-refractivity contribution in [2.24, 2.45) is 0 Å². The van der Waals surface area contributed by atoms with E-state index < -0.39 is 0 Å². The third-order valence-electron chi connectivity index (χ3n) is 5.98. The smallest absolute Gasteiger partial charge is 0.242 e. The lowest BCUT2D eigenvalue weighted by Gasteiger charge is -2.33. The summed E-state index contributed by atoms with van der Waals surface area (Å²) in [4.78, 5) is 16.8. The highest BCUT2D eigenvalue weighted by Gasteiger charge is 2.27. The third-order valence-corrected chi connectivity index (χ3v) is 6.22. The number of hydrogen-bond acceptors (Lipinski definition) is 5. The fourth-order valence-corrected chi connectivity index (χ4v) is 4.26. The molecule has 1 aliphatic heterocycles. The van der Waals surface area contributed by atoms with E-state index >= 15 is 0 Å². The van der Waals surface area contributed by atoms with E-state index in [4.69, 9.17) is 26.2 Å². The van der Waals surface area contributed by atoms with Gasteiger partial charge in [0.05, 0.1) is 25.8 Å². The Kier molecular flexibility index (Phi) is 8.44. The van der Waals surface area contributed by atoms with Crippen molar-refractivity contribution in [3.05, 3.63) is 76.4 Å². The summed E-state index contributed by atoms with van der Waals surface area (Å²) in [6.07, 6.45) is 0.197. The fourth-order valence-electron chi connectivity index (χ4n) is 4.07. The summed E-state index contributed by atoms with van der Waals surface area (Å²) >= 11 is 6.30. The molecule has 0 N–H and O–H groups in total. The molecule has 0 atom stereocenters. The van der Waals surface area contributed by atoms with E-state index in [0.717, 1.165) is 35.7 Å². The van der Waals surface area contributed by atoms with Gasteiger partial charge < -0.3 is 9.47 Å². The molecule has 2 heterocycles. The quantitative estimate of drug-likeness (QED) is 0.412. The van der Waals surface area contributed by atoms with Crippen molar-refractivity contribution in [3.63, 3.8) is 0 Å². The Labute approximate surface area is 212 Å². The second-order valence-corrected chi connectivity index (χ2v) is 9.51. The van der Waals surface area contributed by atoms with Crippen molar-refractivity contribution in [1.29, 1.82) is 0 Å². The van der Waals surface area contributed by atoms with Crippen molar-refractivity contribution in [2.75, 3.05) is 37.7 Å². The summed E-state index contributed by atoms with van der Waals surface area (Å²) in [6, 6.07) is 17.6. The number of hydrogen-bond donors (Lipinski definition) is 0. The largest absolute Gasteiger partial charge is 0.489 e. The number of piperazine rings is 1. The highest BCUT2D eigenvalue weighted by atomic mass is 35.5. The molecule has 0 aliphatic carbocycles. The van der Waals surface area contributed by atoms with Gasteiger partial charge in [0.1, 0.15) is 12.4 Å². The first-order valence-electron chi connectivity index (χ1n) is 12.0. The number of halogens is 1. The van der Waals surface area contributed by atoms with Gasteiger partial charge in [-0.15, -0.1) is 0 Å². The summed E-state index contributed by atoms with van der Waals surface area (Å²) < 4.78 is 13.6. The van der Waals surface area contributed by atoms with E-state index in [-0.39, 0.29) is 12.0 Å². The average Bonchev–Trinajstić information content (AvgIpc) is 3.19. The van der Waals surface area contributed by atoms with Gasteiger partial charge in [-0.1, -0.05) is 41.9 Å². The zero-order valence-corrected chi connectivity index (χ0v) is 21.4. The van der Waals surface area contributed by atoms with Crippen LogP contribution in [-0.4, -0.2) is 59.5 Å². The monoisotopic (exact) mass is 496 g/mol. The van der Waals surface area contributed by atoms with Gasteiger partial charge in [-0.3, -0.25) is 19.3 Å². The van der Waals surface area contributed by atoms with Crippen LogP contribution in [0, 0.1) is 6.92 Å². The molecule has 1 aromatic heterocycles. The predicted octanol–water partition coefficient (Wildman–Crippen LogP) is 4.55. The SMILES string of the molecule is Cc1cc(N2CCN(CCOC(C)C)CC2=O)nn1Cc1cc(Cl)ccc1OCc1ccccc1. The zero-order chi connectivity index (χ0) is 24.8. The molecule has 0 spiro atoms. The topological polar surface area (TPSA) is 59.8 Å². The molecule has 1 saturated heterocycles. The Bertz CT molecular complexity index is 1130. The van der Waals surface area contributed by atoms with Crippen LogP contribution in [0.25, 0.3) is 0 Å². The summed E-state index contributed by atoms with van der Waals surface area (Å²) in [5.74, 6) is 1.50. The zero-order valence-electron chi connectivity index (χ0n) is 20.6. The van der Waals surface area contributed by atoms with Crippen LogP contribution in [0.2, 0.25) is 5.02 Å². The Morgan fingerprint density at radius 3 is 2.63 bits per heavy atom. The van der Waals surface area contributed by atoms with Crippen LogP contribution in [0.4, 0.5) is 5.82 Å². The minimum atomic E-state index is 0.0556. The number of ether oxygens (including phenoxy) is 2. The van der Waals surface area contributed by atoms with Gasteiger partial charge in [-0.25, -0.2) is 0 Å². The molecule has 0 saturated carbocycles. The molecule has 0 radical (unpaired) electrons. The Morgan fingerprint density at radius 1 is 1.09 bits per heavy atom. The number of amides is 1. The molecule has 4 rings (SSSR count). The van der Waals surface area contributed by atoms with Crippen LogP contribution in [0.5, 0.6) is 5.75 Å². The number of anilines is 1. The molecule has 8 heteroatoms. The highest BCUT2D eigenvalue weighted by Crippen LogP contribution is 2.26.